The molecule has 1 amide bonds. The van der Waals surface area contributed by atoms with Crippen LogP contribution in [0.4, 0.5) is 0 Å². The van der Waals surface area contributed by atoms with Crippen molar-refractivity contribution in [3.8, 4) is 22.5 Å². The molecular weight excluding hydrogens is 410 g/mol. The lowest BCUT2D eigenvalue weighted by atomic mass is 10.0. The van der Waals surface area contributed by atoms with Crippen molar-refractivity contribution in [1.29, 1.82) is 0 Å². The fourth-order valence-electron chi connectivity index (χ4n) is 3.91. The number of aromatic nitrogens is 3. The third-order valence-electron chi connectivity index (χ3n) is 5.53. The van der Waals surface area contributed by atoms with E-state index >= 15 is 0 Å². The molecule has 33 heavy (non-hydrogen) atoms. The first-order valence-corrected chi connectivity index (χ1v) is 10.8. The number of aromatic amines is 1. The maximum atomic E-state index is 12.5. The predicted octanol–water partition coefficient (Wildman–Crippen LogP) is 5.24. The fourth-order valence-corrected chi connectivity index (χ4v) is 3.91. The second kappa shape index (κ2) is 9.36. The Bertz CT molecular complexity index is 1400. The van der Waals surface area contributed by atoms with Gasteiger partial charge in [0, 0.05) is 46.8 Å². The lowest BCUT2D eigenvalue weighted by Gasteiger charge is -2.10. The van der Waals surface area contributed by atoms with Crippen molar-refractivity contribution in [1.82, 2.24) is 20.0 Å². The quantitative estimate of drug-likeness (QED) is 0.272. The van der Waals surface area contributed by atoms with Crippen LogP contribution in [0.25, 0.3) is 33.4 Å². The van der Waals surface area contributed by atoms with Crippen LogP contribution in [0.3, 0.4) is 0 Å². The molecule has 0 fully saturated rings. The highest BCUT2D eigenvalue weighted by molar-refractivity contribution is 5.99. The number of hydrazone groups is 1. The second-order valence-corrected chi connectivity index (χ2v) is 7.70. The number of aryl methyl sites for hydroxylation is 1. The summed E-state index contributed by atoms with van der Waals surface area (Å²) in [4.78, 5) is 20.3. The second-order valence-electron chi connectivity index (χ2n) is 7.70. The van der Waals surface area contributed by atoms with E-state index in [1.165, 1.54) is 0 Å². The van der Waals surface area contributed by atoms with E-state index in [4.69, 9.17) is 0 Å². The van der Waals surface area contributed by atoms with Crippen LogP contribution in [-0.2, 0) is 11.3 Å². The number of benzene rings is 3. The largest absolute Gasteiger partial charge is 0.361 e. The van der Waals surface area contributed by atoms with E-state index in [1.807, 2.05) is 83.6 Å². The summed E-state index contributed by atoms with van der Waals surface area (Å²) in [7, 11) is 0. The summed E-state index contributed by atoms with van der Waals surface area (Å²) in [6, 6.07) is 28.2. The smallest absolute Gasteiger partial charge is 0.241 e. The Kier molecular flexibility index (Phi) is 5.80. The predicted molar refractivity (Wildman–Crippen MR) is 132 cm³/mol. The number of rotatable bonds is 7. The van der Waals surface area contributed by atoms with Crippen molar-refractivity contribution in [2.75, 3.05) is 0 Å². The summed E-state index contributed by atoms with van der Waals surface area (Å²) in [6.45, 7) is 0.499. The van der Waals surface area contributed by atoms with Crippen molar-refractivity contribution >= 4 is 23.0 Å². The molecule has 0 spiro atoms. The molecule has 0 bridgehead atoms. The Morgan fingerprint density at radius 1 is 0.939 bits per heavy atom. The molecule has 5 rings (SSSR count). The van der Waals surface area contributed by atoms with Gasteiger partial charge in [0.1, 0.15) is 0 Å². The topological polar surface area (TPSA) is 75.1 Å². The van der Waals surface area contributed by atoms with Gasteiger partial charge in [-0.05, 0) is 6.07 Å². The van der Waals surface area contributed by atoms with Crippen LogP contribution in [0.2, 0.25) is 0 Å². The van der Waals surface area contributed by atoms with E-state index in [2.05, 4.69) is 32.6 Å². The van der Waals surface area contributed by atoms with Gasteiger partial charge in [0.15, 0.2) is 0 Å². The number of H-pyrrole nitrogens is 1. The number of fused-ring (bicyclic) bond motifs is 1. The van der Waals surface area contributed by atoms with E-state index in [-0.39, 0.29) is 12.3 Å². The number of hydrogen-bond acceptors (Lipinski definition) is 3. The van der Waals surface area contributed by atoms with E-state index in [9.17, 15) is 4.79 Å². The Hall–Kier alpha value is -4.45. The van der Waals surface area contributed by atoms with Gasteiger partial charge in [0.25, 0.3) is 0 Å². The van der Waals surface area contributed by atoms with Crippen molar-refractivity contribution < 1.29 is 4.79 Å². The van der Waals surface area contributed by atoms with Gasteiger partial charge in [0.05, 0.1) is 23.9 Å². The van der Waals surface area contributed by atoms with Crippen LogP contribution in [-0.4, -0.2) is 26.7 Å². The Morgan fingerprint density at radius 2 is 1.64 bits per heavy atom. The molecule has 0 radical (unpaired) electrons. The van der Waals surface area contributed by atoms with Gasteiger partial charge in [-0.2, -0.15) is 5.10 Å². The summed E-state index contributed by atoms with van der Waals surface area (Å²) in [5.74, 6) is -0.153. The zero-order valence-electron chi connectivity index (χ0n) is 18.0. The Morgan fingerprint density at radius 3 is 2.42 bits per heavy atom. The van der Waals surface area contributed by atoms with Gasteiger partial charge in [-0.25, -0.2) is 10.4 Å². The van der Waals surface area contributed by atoms with Gasteiger partial charge in [-0.1, -0.05) is 78.9 Å². The number of amides is 1. The molecule has 0 aliphatic rings. The summed E-state index contributed by atoms with van der Waals surface area (Å²) >= 11 is 0. The van der Waals surface area contributed by atoms with Crippen LogP contribution in [0.5, 0.6) is 0 Å². The average molecular weight is 434 g/mol. The number of nitrogens with one attached hydrogen (secondary N) is 2. The lowest BCUT2D eigenvalue weighted by Crippen LogP contribution is -2.19. The number of nitrogens with zero attached hydrogens (tertiary/aromatic N) is 3. The number of hydrogen-bond donors (Lipinski definition) is 2. The van der Waals surface area contributed by atoms with Gasteiger partial charge in [0.2, 0.25) is 5.91 Å². The third kappa shape index (κ3) is 4.45. The highest BCUT2D eigenvalue weighted by atomic mass is 16.2. The molecule has 0 saturated heterocycles. The van der Waals surface area contributed by atoms with Crippen LogP contribution in [0, 0.1) is 0 Å². The maximum Gasteiger partial charge on any atom is 0.241 e. The minimum atomic E-state index is -0.153. The fraction of sp³-hybridized carbons (Fsp3) is 0.0741. The monoisotopic (exact) mass is 433 g/mol. The molecule has 5 aromatic rings. The van der Waals surface area contributed by atoms with Crippen LogP contribution >= 0.6 is 0 Å². The molecule has 0 aliphatic carbocycles. The molecule has 6 heteroatoms. The molecule has 162 valence electrons. The lowest BCUT2D eigenvalue weighted by molar-refractivity contribution is -0.121. The van der Waals surface area contributed by atoms with E-state index in [0.29, 0.717) is 6.54 Å². The molecule has 3 aromatic carbocycles. The number of carbonyl (C=O) groups excluding carboxylic acids is 1. The molecule has 6 nitrogen and oxygen atoms in total. The molecule has 0 unspecified atom stereocenters. The molecule has 0 aliphatic heterocycles. The number of carbonyl (C=O) groups is 1. The molecule has 0 saturated carbocycles. The van der Waals surface area contributed by atoms with Gasteiger partial charge in [-0.3, -0.25) is 4.79 Å². The molecule has 2 N–H and O–H groups in total. The van der Waals surface area contributed by atoms with Gasteiger partial charge < -0.3 is 9.55 Å². The maximum absolute atomic E-state index is 12.5. The highest BCUT2D eigenvalue weighted by Gasteiger charge is 2.15. The zero-order valence-corrected chi connectivity index (χ0v) is 18.0. The summed E-state index contributed by atoms with van der Waals surface area (Å²) in [6.07, 6.45) is 5.63. The molecule has 2 aromatic heterocycles. The van der Waals surface area contributed by atoms with Gasteiger partial charge >= 0.3 is 0 Å². The van der Waals surface area contributed by atoms with Gasteiger partial charge in [-0.15, -0.1) is 0 Å². The van der Waals surface area contributed by atoms with Crippen molar-refractivity contribution in [3.05, 3.63) is 103 Å². The third-order valence-corrected chi connectivity index (χ3v) is 5.53. The minimum absolute atomic E-state index is 0.153. The minimum Gasteiger partial charge on any atom is -0.361 e. The first-order chi connectivity index (χ1) is 16.3. The summed E-state index contributed by atoms with van der Waals surface area (Å²) in [5, 5.41) is 5.20. The zero-order chi connectivity index (χ0) is 22.5. The SMILES string of the molecule is O=C(CCn1cnc(-c2ccccc2)c1-c1ccccc1)N/N=C/c1c[nH]c2ccccc12. The molecule has 2 heterocycles. The van der Waals surface area contributed by atoms with Crippen molar-refractivity contribution in [2.24, 2.45) is 5.10 Å². The standard InChI is InChI=1S/C27H23N5O/c33-25(31-30-18-22-17-28-24-14-8-7-13-23(22)24)15-16-32-19-29-26(20-9-3-1-4-10-20)27(32)21-11-5-2-6-12-21/h1-14,17-19,28H,15-16H2,(H,31,33)/b30-18+. The van der Waals surface area contributed by atoms with E-state index < -0.39 is 0 Å². The number of para-hydroxylation sites is 1. The van der Waals surface area contributed by atoms with Crippen molar-refractivity contribution in [3.63, 3.8) is 0 Å². The van der Waals surface area contributed by atoms with E-state index in [1.54, 1.807) is 12.5 Å². The van der Waals surface area contributed by atoms with Crippen molar-refractivity contribution in [2.45, 2.75) is 13.0 Å². The summed E-state index contributed by atoms with van der Waals surface area (Å²) < 4.78 is 2.03. The van der Waals surface area contributed by atoms with Crippen LogP contribution < -0.4 is 5.43 Å². The average Bonchev–Trinajstić information content (AvgIpc) is 3.48. The first kappa shape index (κ1) is 20.5. The van der Waals surface area contributed by atoms with E-state index in [0.717, 1.165) is 39.0 Å². The Balaban J connectivity index is 1.30. The number of imidazole rings is 1. The molecule has 0 atom stereocenters. The Labute approximate surface area is 191 Å². The summed E-state index contributed by atoms with van der Waals surface area (Å²) in [5.41, 5.74) is 8.61. The normalized spacial score (nSPS) is 11.3. The molecular formula is C27H23N5O. The van der Waals surface area contributed by atoms with Crippen LogP contribution in [0.1, 0.15) is 12.0 Å². The first-order valence-electron chi connectivity index (χ1n) is 10.8. The highest BCUT2D eigenvalue weighted by Crippen LogP contribution is 2.31. The van der Waals surface area contributed by atoms with Crippen LogP contribution in [0.15, 0.2) is 103 Å².